The van der Waals surface area contributed by atoms with Crippen LogP contribution in [-0.2, 0) is 11.3 Å². The molecule has 1 aliphatic heterocycles. The maximum Gasteiger partial charge on any atom is 0.323 e. The number of hydrogen-bond acceptors (Lipinski definition) is 5. The monoisotopic (exact) mass is 307 g/mol. The number of hydrogen-bond donors (Lipinski definition) is 1. The number of carbonyl (C=O) groups is 1. The highest BCUT2D eigenvalue weighted by atomic mass is 32.1. The summed E-state index contributed by atoms with van der Waals surface area (Å²) in [5.74, 6) is -0.809. The van der Waals surface area contributed by atoms with Gasteiger partial charge in [0.2, 0.25) is 0 Å². The second-order valence-corrected chi connectivity index (χ2v) is 6.47. The van der Waals surface area contributed by atoms with Crippen molar-refractivity contribution in [3.63, 3.8) is 0 Å². The minimum Gasteiger partial charge on any atom is -0.480 e. The van der Waals surface area contributed by atoms with E-state index in [1.807, 2.05) is 10.3 Å². The van der Waals surface area contributed by atoms with Crippen LogP contribution in [0.25, 0.3) is 4.96 Å². The summed E-state index contributed by atoms with van der Waals surface area (Å²) in [6.07, 6.45) is 4.21. The van der Waals surface area contributed by atoms with Gasteiger partial charge in [0, 0.05) is 24.2 Å². The third-order valence-corrected chi connectivity index (χ3v) is 4.97. The predicted octanol–water partition coefficient (Wildman–Crippen LogP) is 1.59. The molecule has 2 aromatic heterocycles. The van der Waals surface area contributed by atoms with Gasteiger partial charge >= 0.3 is 5.97 Å². The summed E-state index contributed by atoms with van der Waals surface area (Å²) in [5, 5.41) is 11.3. The molecule has 0 spiro atoms. The molecule has 1 aliphatic rings. The average Bonchev–Trinajstić information content (AvgIpc) is 2.90. The fraction of sp³-hybridized carbons (Fsp3) is 0.500. The lowest BCUT2D eigenvalue weighted by atomic mass is 9.88. The van der Waals surface area contributed by atoms with Crippen molar-refractivity contribution in [2.24, 2.45) is 0 Å². The topological polar surface area (TPSA) is 74.9 Å². The first-order valence-electron chi connectivity index (χ1n) is 6.95. The fourth-order valence-corrected chi connectivity index (χ4v) is 3.58. The number of rotatable bonds is 3. The van der Waals surface area contributed by atoms with Crippen LogP contribution in [0.3, 0.4) is 0 Å². The summed E-state index contributed by atoms with van der Waals surface area (Å²) >= 11 is 1.40. The van der Waals surface area contributed by atoms with E-state index in [1.165, 1.54) is 21.8 Å². The van der Waals surface area contributed by atoms with Crippen molar-refractivity contribution >= 4 is 22.3 Å². The first kappa shape index (κ1) is 14.2. The Morgan fingerprint density at radius 2 is 2.33 bits per heavy atom. The van der Waals surface area contributed by atoms with Gasteiger partial charge in [0.05, 0.1) is 5.69 Å². The first-order valence-corrected chi connectivity index (χ1v) is 7.83. The van der Waals surface area contributed by atoms with Crippen LogP contribution < -0.4 is 5.56 Å². The van der Waals surface area contributed by atoms with E-state index in [-0.39, 0.29) is 5.56 Å². The van der Waals surface area contributed by atoms with Crippen molar-refractivity contribution in [1.29, 1.82) is 0 Å². The Bertz CT molecular complexity index is 738. The molecule has 0 aliphatic carbocycles. The highest BCUT2D eigenvalue weighted by Crippen LogP contribution is 2.29. The SMILES string of the molecule is CC1(C(=O)O)CCCCN1Cc1cc(=O)n2ccsc2n1. The lowest BCUT2D eigenvalue weighted by molar-refractivity contribution is -0.153. The minimum absolute atomic E-state index is 0.120. The number of aromatic nitrogens is 2. The molecule has 1 saturated heterocycles. The predicted molar refractivity (Wildman–Crippen MR) is 79.6 cm³/mol. The quantitative estimate of drug-likeness (QED) is 0.932. The Labute approximate surface area is 125 Å². The van der Waals surface area contributed by atoms with Gasteiger partial charge in [-0.1, -0.05) is 0 Å². The van der Waals surface area contributed by atoms with Crippen LogP contribution in [0.15, 0.2) is 22.4 Å². The third kappa shape index (κ3) is 2.47. The normalized spacial score (nSPS) is 23.5. The van der Waals surface area contributed by atoms with Gasteiger partial charge in [-0.05, 0) is 32.7 Å². The molecular weight excluding hydrogens is 290 g/mol. The molecule has 0 radical (unpaired) electrons. The van der Waals surface area contributed by atoms with Gasteiger partial charge < -0.3 is 5.11 Å². The van der Waals surface area contributed by atoms with Crippen LogP contribution in [0.2, 0.25) is 0 Å². The molecule has 0 bridgehead atoms. The number of fused-ring (bicyclic) bond motifs is 1. The summed E-state index contributed by atoms with van der Waals surface area (Å²) in [5.41, 5.74) is -0.359. The van der Waals surface area contributed by atoms with E-state index in [0.29, 0.717) is 30.2 Å². The summed E-state index contributed by atoms with van der Waals surface area (Å²) < 4.78 is 1.50. The zero-order valence-corrected chi connectivity index (χ0v) is 12.6. The molecule has 1 unspecified atom stereocenters. The molecule has 3 rings (SSSR count). The number of nitrogens with zero attached hydrogens (tertiary/aromatic N) is 3. The molecule has 0 aromatic carbocycles. The number of carboxylic acids is 1. The lowest BCUT2D eigenvalue weighted by Gasteiger charge is -2.41. The van der Waals surface area contributed by atoms with E-state index in [1.54, 1.807) is 13.1 Å². The summed E-state index contributed by atoms with van der Waals surface area (Å²) in [6.45, 7) is 2.87. The molecule has 112 valence electrons. The zero-order valence-electron chi connectivity index (χ0n) is 11.8. The molecule has 1 N–H and O–H groups in total. The van der Waals surface area contributed by atoms with Gasteiger partial charge in [0.1, 0.15) is 5.54 Å². The highest BCUT2D eigenvalue weighted by Gasteiger charge is 2.41. The van der Waals surface area contributed by atoms with Crippen molar-refractivity contribution in [3.8, 4) is 0 Å². The Balaban J connectivity index is 1.93. The van der Waals surface area contributed by atoms with Gasteiger partial charge in [-0.2, -0.15) is 0 Å². The smallest absolute Gasteiger partial charge is 0.323 e. The van der Waals surface area contributed by atoms with E-state index in [0.717, 1.165) is 12.8 Å². The van der Waals surface area contributed by atoms with Crippen LogP contribution in [0.1, 0.15) is 31.9 Å². The van der Waals surface area contributed by atoms with Crippen LogP contribution in [0.4, 0.5) is 0 Å². The molecule has 1 fully saturated rings. The van der Waals surface area contributed by atoms with Gasteiger partial charge in [0.15, 0.2) is 4.96 Å². The van der Waals surface area contributed by atoms with Gasteiger partial charge in [-0.3, -0.25) is 18.9 Å². The maximum absolute atomic E-state index is 12.0. The molecule has 2 aromatic rings. The summed E-state index contributed by atoms with van der Waals surface area (Å²) in [6, 6.07) is 1.50. The van der Waals surface area contributed by atoms with Crippen LogP contribution in [0, 0.1) is 0 Å². The van der Waals surface area contributed by atoms with Crippen LogP contribution in [-0.4, -0.2) is 37.4 Å². The van der Waals surface area contributed by atoms with Crippen molar-refractivity contribution < 1.29 is 9.90 Å². The first-order chi connectivity index (χ1) is 10.0. The number of likely N-dealkylation sites (tertiary alicyclic amines) is 1. The van der Waals surface area contributed by atoms with Gasteiger partial charge in [-0.25, -0.2) is 4.98 Å². The summed E-state index contributed by atoms with van der Waals surface area (Å²) in [7, 11) is 0. The molecule has 21 heavy (non-hydrogen) atoms. The maximum atomic E-state index is 12.0. The molecule has 6 nitrogen and oxygen atoms in total. The summed E-state index contributed by atoms with van der Waals surface area (Å²) in [4.78, 5) is 30.6. The Morgan fingerprint density at radius 1 is 1.52 bits per heavy atom. The van der Waals surface area contributed by atoms with Crippen LogP contribution >= 0.6 is 11.3 Å². The number of aliphatic carboxylic acids is 1. The molecular formula is C14H17N3O3S. The van der Waals surface area contributed by atoms with E-state index in [2.05, 4.69) is 4.98 Å². The zero-order chi connectivity index (χ0) is 15.0. The molecule has 1 atom stereocenters. The Hall–Kier alpha value is -1.73. The van der Waals surface area contributed by atoms with Crippen molar-refractivity contribution in [3.05, 3.63) is 33.7 Å². The average molecular weight is 307 g/mol. The largest absolute Gasteiger partial charge is 0.480 e. The highest BCUT2D eigenvalue weighted by molar-refractivity contribution is 7.15. The molecule has 7 heteroatoms. The number of piperidine rings is 1. The van der Waals surface area contributed by atoms with E-state index in [9.17, 15) is 14.7 Å². The third-order valence-electron chi connectivity index (χ3n) is 4.21. The fourth-order valence-electron chi connectivity index (χ4n) is 2.84. The van der Waals surface area contributed by atoms with E-state index >= 15 is 0 Å². The number of carboxylic acid groups (broad SMARTS) is 1. The van der Waals surface area contributed by atoms with Crippen molar-refractivity contribution in [1.82, 2.24) is 14.3 Å². The number of thiazole rings is 1. The lowest BCUT2D eigenvalue weighted by Crippen LogP contribution is -2.54. The molecule has 3 heterocycles. The molecule has 0 amide bonds. The van der Waals surface area contributed by atoms with Gasteiger partial charge in [0.25, 0.3) is 5.56 Å². The van der Waals surface area contributed by atoms with Crippen LogP contribution in [0.5, 0.6) is 0 Å². The van der Waals surface area contributed by atoms with E-state index in [4.69, 9.17) is 0 Å². The second-order valence-electron chi connectivity index (χ2n) is 5.60. The van der Waals surface area contributed by atoms with Gasteiger partial charge in [-0.15, -0.1) is 11.3 Å². The molecule has 0 saturated carbocycles. The Kier molecular flexibility index (Phi) is 3.54. The van der Waals surface area contributed by atoms with E-state index < -0.39 is 11.5 Å². The minimum atomic E-state index is -0.874. The van der Waals surface area contributed by atoms with Crippen molar-refractivity contribution in [2.75, 3.05) is 6.54 Å². The Morgan fingerprint density at radius 3 is 3.10 bits per heavy atom. The van der Waals surface area contributed by atoms with Crippen molar-refractivity contribution in [2.45, 2.75) is 38.3 Å². The standard InChI is InChI=1S/C14H17N3O3S/c1-14(12(19)20)4-2-3-5-16(14)9-10-8-11(18)17-6-7-21-13(17)15-10/h6-8H,2-5,9H2,1H3,(H,19,20). The second kappa shape index (κ2) is 5.23.